The lowest BCUT2D eigenvalue weighted by Crippen LogP contribution is -2.04. The first-order chi connectivity index (χ1) is 10.3. The molecular formula is C17H22N2O2. The van der Waals surface area contributed by atoms with Crippen molar-refractivity contribution in [2.24, 2.45) is 0 Å². The summed E-state index contributed by atoms with van der Waals surface area (Å²) in [5.41, 5.74) is 4.70. The summed E-state index contributed by atoms with van der Waals surface area (Å²) in [4.78, 5) is 4.16. The highest BCUT2D eigenvalue weighted by molar-refractivity contribution is 5.46. The Morgan fingerprint density at radius 3 is 2.90 bits per heavy atom. The maximum atomic E-state index is 5.53. The van der Waals surface area contributed by atoms with Gasteiger partial charge in [-0.1, -0.05) is 12.1 Å². The number of aryl methyl sites for hydroxylation is 1. The number of benzene rings is 1. The maximum absolute atomic E-state index is 5.53. The minimum atomic E-state index is 0.602. The fourth-order valence-electron chi connectivity index (χ4n) is 1.98. The van der Waals surface area contributed by atoms with Crippen LogP contribution in [-0.2, 0) is 22.6 Å². The zero-order valence-electron chi connectivity index (χ0n) is 12.6. The highest BCUT2D eigenvalue weighted by Crippen LogP contribution is 2.14. The van der Waals surface area contributed by atoms with E-state index in [1.54, 1.807) is 7.11 Å². The van der Waals surface area contributed by atoms with Gasteiger partial charge in [-0.25, -0.2) is 0 Å². The lowest BCUT2D eigenvalue weighted by molar-refractivity contribution is 0.0617. The molecule has 2 rings (SSSR count). The molecule has 0 atom stereocenters. The molecule has 1 aromatic heterocycles. The van der Waals surface area contributed by atoms with Crippen LogP contribution in [0.1, 0.15) is 16.7 Å². The molecule has 0 fully saturated rings. The first-order valence-corrected chi connectivity index (χ1v) is 7.08. The Morgan fingerprint density at radius 2 is 2.10 bits per heavy atom. The van der Waals surface area contributed by atoms with E-state index < -0.39 is 0 Å². The zero-order chi connectivity index (χ0) is 14.9. The summed E-state index contributed by atoms with van der Waals surface area (Å²) in [6, 6.07) is 10.3. The number of methoxy groups -OCH3 is 1. The Bertz CT molecular complexity index is 558. The molecule has 112 valence electrons. The van der Waals surface area contributed by atoms with Crippen molar-refractivity contribution in [2.75, 3.05) is 25.6 Å². The van der Waals surface area contributed by atoms with E-state index in [0.717, 1.165) is 17.8 Å². The largest absolute Gasteiger partial charge is 0.382 e. The van der Waals surface area contributed by atoms with Crippen LogP contribution in [0.4, 0.5) is 5.69 Å². The molecule has 1 aromatic carbocycles. The molecule has 0 aliphatic heterocycles. The van der Waals surface area contributed by atoms with Crippen LogP contribution in [-0.4, -0.2) is 25.3 Å². The minimum absolute atomic E-state index is 0.602. The Morgan fingerprint density at radius 1 is 1.19 bits per heavy atom. The van der Waals surface area contributed by atoms with Gasteiger partial charge in [0.1, 0.15) is 0 Å². The molecule has 0 aliphatic carbocycles. The molecule has 0 saturated heterocycles. The number of nitrogens with zero attached hydrogens (tertiary/aromatic N) is 1. The molecular weight excluding hydrogens is 264 g/mol. The third kappa shape index (κ3) is 5.17. The number of hydrogen-bond acceptors (Lipinski definition) is 4. The lowest BCUT2D eigenvalue weighted by atomic mass is 10.1. The van der Waals surface area contributed by atoms with Gasteiger partial charge in [0.25, 0.3) is 0 Å². The van der Waals surface area contributed by atoms with Gasteiger partial charge in [-0.3, -0.25) is 4.98 Å². The van der Waals surface area contributed by atoms with E-state index in [1.807, 2.05) is 24.5 Å². The molecule has 4 nitrogen and oxygen atoms in total. The average Bonchev–Trinajstić information content (AvgIpc) is 2.51. The molecule has 21 heavy (non-hydrogen) atoms. The van der Waals surface area contributed by atoms with Crippen molar-refractivity contribution >= 4 is 5.69 Å². The number of nitrogens with one attached hydrogen (secondary N) is 1. The van der Waals surface area contributed by atoms with Crippen LogP contribution in [0.3, 0.4) is 0 Å². The highest BCUT2D eigenvalue weighted by atomic mass is 16.5. The lowest BCUT2D eigenvalue weighted by Gasteiger charge is -2.10. The quantitative estimate of drug-likeness (QED) is 0.757. The molecule has 0 bridgehead atoms. The second-order valence-corrected chi connectivity index (χ2v) is 4.90. The number of rotatable bonds is 8. The van der Waals surface area contributed by atoms with Crippen molar-refractivity contribution in [3.05, 3.63) is 59.4 Å². The monoisotopic (exact) mass is 286 g/mol. The normalized spacial score (nSPS) is 10.6. The smallest absolute Gasteiger partial charge is 0.0718 e. The van der Waals surface area contributed by atoms with Gasteiger partial charge in [0.05, 0.1) is 19.8 Å². The van der Waals surface area contributed by atoms with Crippen molar-refractivity contribution in [2.45, 2.75) is 20.1 Å². The third-order valence-corrected chi connectivity index (χ3v) is 3.26. The van der Waals surface area contributed by atoms with Crippen LogP contribution < -0.4 is 5.32 Å². The van der Waals surface area contributed by atoms with E-state index in [9.17, 15) is 0 Å². The second-order valence-electron chi connectivity index (χ2n) is 4.90. The summed E-state index contributed by atoms with van der Waals surface area (Å²) in [6.45, 7) is 4.71. The summed E-state index contributed by atoms with van der Waals surface area (Å²) >= 11 is 0. The van der Waals surface area contributed by atoms with E-state index in [4.69, 9.17) is 9.47 Å². The van der Waals surface area contributed by atoms with E-state index >= 15 is 0 Å². The summed E-state index contributed by atoms with van der Waals surface area (Å²) in [7, 11) is 1.67. The van der Waals surface area contributed by atoms with Crippen LogP contribution in [0.2, 0.25) is 0 Å². The van der Waals surface area contributed by atoms with Crippen molar-refractivity contribution in [1.29, 1.82) is 0 Å². The van der Waals surface area contributed by atoms with Gasteiger partial charge in [0.2, 0.25) is 0 Å². The Kier molecular flexibility index (Phi) is 6.19. The molecule has 0 amide bonds. The standard InChI is InChI=1S/C17H22N2O2/c1-14-6-7-18-11-16(14)12-19-17-5-3-4-15(10-17)13-21-9-8-20-2/h3-7,10-11,19H,8-9,12-13H2,1-2H3. The molecule has 0 spiro atoms. The van der Waals surface area contributed by atoms with Gasteiger partial charge in [-0.2, -0.15) is 0 Å². The second kappa shape index (κ2) is 8.39. The Labute approximate surface area is 126 Å². The fourth-order valence-corrected chi connectivity index (χ4v) is 1.98. The first kappa shape index (κ1) is 15.5. The summed E-state index contributed by atoms with van der Waals surface area (Å²) < 4.78 is 10.5. The van der Waals surface area contributed by atoms with Gasteiger partial charge in [-0.15, -0.1) is 0 Å². The van der Waals surface area contributed by atoms with Gasteiger partial charge in [-0.05, 0) is 41.8 Å². The van der Waals surface area contributed by atoms with Crippen LogP contribution >= 0.6 is 0 Å². The van der Waals surface area contributed by atoms with Gasteiger partial charge < -0.3 is 14.8 Å². The number of aromatic nitrogens is 1. The fraction of sp³-hybridized carbons (Fsp3) is 0.353. The predicted octanol–water partition coefficient (Wildman–Crippen LogP) is 3.17. The van der Waals surface area contributed by atoms with Gasteiger partial charge in [0, 0.05) is 31.7 Å². The summed E-state index contributed by atoms with van der Waals surface area (Å²) in [5.74, 6) is 0. The van der Waals surface area contributed by atoms with Crippen molar-refractivity contribution in [1.82, 2.24) is 4.98 Å². The summed E-state index contributed by atoms with van der Waals surface area (Å²) in [6.07, 6.45) is 3.72. The van der Waals surface area contributed by atoms with Crippen LogP contribution in [0.25, 0.3) is 0 Å². The first-order valence-electron chi connectivity index (χ1n) is 7.08. The van der Waals surface area contributed by atoms with Crippen LogP contribution in [0.5, 0.6) is 0 Å². The number of ether oxygens (including phenoxy) is 2. The van der Waals surface area contributed by atoms with Gasteiger partial charge >= 0.3 is 0 Å². The SMILES string of the molecule is COCCOCc1cccc(NCc2cnccc2C)c1. The molecule has 0 saturated carbocycles. The zero-order valence-corrected chi connectivity index (χ0v) is 12.6. The van der Waals surface area contributed by atoms with E-state index in [-0.39, 0.29) is 0 Å². The molecule has 0 aliphatic rings. The topological polar surface area (TPSA) is 43.4 Å². The van der Waals surface area contributed by atoms with Crippen LogP contribution in [0.15, 0.2) is 42.7 Å². The van der Waals surface area contributed by atoms with E-state index in [2.05, 4.69) is 35.4 Å². The third-order valence-electron chi connectivity index (χ3n) is 3.26. The molecule has 4 heteroatoms. The minimum Gasteiger partial charge on any atom is -0.382 e. The number of anilines is 1. The molecule has 2 aromatic rings. The van der Waals surface area contributed by atoms with E-state index in [1.165, 1.54) is 11.1 Å². The molecule has 1 heterocycles. The van der Waals surface area contributed by atoms with Crippen LogP contribution in [0, 0.1) is 6.92 Å². The number of hydrogen-bond donors (Lipinski definition) is 1. The predicted molar refractivity (Wildman–Crippen MR) is 84.3 cm³/mol. The molecule has 0 unspecified atom stereocenters. The Hall–Kier alpha value is -1.91. The summed E-state index contributed by atoms with van der Waals surface area (Å²) in [5, 5.41) is 3.42. The van der Waals surface area contributed by atoms with Crippen molar-refractivity contribution in [3.63, 3.8) is 0 Å². The highest BCUT2D eigenvalue weighted by Gasteiger charge is 2.00. The molecule has 0 radical (unpaired) electrons. The van der Waals surface area contributed by atoms with Crippen molar-refractivity contribution < 1.29 is 9.47 Å². The maximum Gasteiger partial charge on any atom is 0.0718 e. The van der Waals surface area contributed by atoms with E-state index in [0.29, 0.717) is 19.8 Å². The number of pyridine rings is 1. The molecule has 1 N–H and O–H groups in total. The van der Waals surface area contributed by atoms with Gasteiger partial charge in [0.15, 0.2) is 0 Å². The Balaban J connectivity index is 1.87. The average molecular weight is 286 g/mol. The van der Waals surface area contributed by atoms with Crippen molar-refractivity contribution in [3.8, 4) is 0 Å².